The minimum Gasteiger partial charge on any atom is -0.485 e. The van der Waals surface area contributed by atoms with Crippen molar-refractivity contribution in [1.29, 1.82) is 0 Å². The Hall–Kier alpha value is -0.420. The van der Waals surface area contributed by atoms with Crippen LogP contribution in [0.2, 0.25) is 0 Å². The van der Waals surface area contributed by atoms with E-state index in [1.54, 1.807) is 0 Å². The molecule has 1 heterocycles. The standard InChI is InChI=1S/C5H5NO2S2/c1-8-5(9)4-6-3(7)2-10-4/h2H2,1H3. The van der Waals surface area contributed by atoms with Crippen molar-refractivity contribution >= 4 is 40.0 Å². The fraction of sp³-hybridized carbons (Fsp3) is 0.400. The zero-order chi connectivity index (χ0) is 7.56. The molecule has 0 aromatic carbocycles. The summed E-state index contributed by atoms with van der Waals surface area (Å²) >= 11 is 6.06. The topological polar surface area (TPSA) is 38.7 Å². The van der Waals surface area contributed by atoms with Crippen LogP contribution in [0.5, 0.6) is 0 Å². The molecule has 0 atom stereocenters. The number of hydrogen-bond donors (Lipinski definition) is 0. The van der Waals surface area contributed by atoms with Gasteiger partial charge in [-0.15, -0.1) is 0 Å². The summed E-state index contributed by atoms with van der Waals surface area (Å²) in [6.45, 7) is 0. The van der Waals surface area contributed by atoms with Crippen molar-refractivity contribution < 1.29 is 9.53 Å². The summed E-state index contributed by atoms with van der Waals surface area (Å²) in [5, 5.41) is 0.832. The molecule has 5 heteroatoms. The molecule has 1 amide bonds. The largest absolute Gasteiger partial charge is 0.485 e. The van der Waals surface area contributed by atoms with E-state index in [2.05, 4.69) is 4.99 Å². The highest BCUT2D eigenvalue weighted by molar-refractivity contribution is 8.18. The number of rotatable bonds is 1. The van der Waals surface area contributed by atoms with Gasteiger partial charge in [-0.05, 0) is 12.2 Å². The molecular weight excluding hydrogens is 170 g/mol. The first-order valence-electron chi connectivity index (χ1n) is 2.56. The number of carbonyl (C=O) groups is 1. The number of methoxy groups -OCH3 is 1. The van der Waals surface area contributed by atoms with Crippen LogP contribution >= 0.6 is 24.0 Å². The second kappa shape index (κ2) is 3.12. The molecule has 0 saturated heterocycles. The summed E-state index contributed by atoms with van der Waals surface area (Å²) in [5.41, 5.74) is 0. The van der Waals surface area contributed by atoms with Gasteiger partial charge in [0.2, 0.25) is 5.05 Å². The molecule has 0 N–H and O–H groups in total. The molecule has 0 aliphatic carbocycles. The van der Waals surface area contributed by atoms with Crippen molar-refractivity contribution in [3.63, 3.8) is 0 Å². The molecule has 0 aromatic rings. The molecule has 0 radical (unpaired) electrons. The number of ether oxygens (including phenoxy) is 1. The Labute approximate surface area is 67.8 Å². The number of thioether (sulfide) groups is 1. The van der Waals surface area contributed by atoms with Gasteiger partial charge in [0, 0.05) is 0 Å². The number of aliphatic imine (C=N–C) groups is 1. The van der Waals surface area contributed by atoms with Gasteiger partial charge in [0.1, 0.15) is 0 Å². The number of amides is 1. The third-order valence-corrected chi connectivity index (χ3v) is 2.35. The quantitative estimate of drug-likeness (QED) is 0.548. The van der Waals surface area contributed by atoms with Gasteiger partial charge in [-0.1, -0.05) is 11.8 Å². The fourth-order valence-corrected chi connectivity index (χ4v) is 1.41. The molecule has 1 aliphatic rings. The zero-order valence-corrected chi connectivity index (χ0v) is 6.92. The van der Waals surface area contributed by atoms with E-state index in [9.17, 15) is 4.79 Å². The normalized spacial score (nSPS) is 16.9. The lowest BCUT2D eigenvalue weighted by molar-refractivity contribution is -0.115. The zero-order valence-electron chi connectivity index (χ0n) is 5.29. The van der Waals surface area contributed by atoms with Crippen molar-refractivity contribution in [2.24, 2.45) is 4.99 Å². The molecule has 10 heavy (non-hydrogen) atoms. The summed E-state index contributed by atoms with van der Waals surface area (Å²) in [6.07, 6.45) is 0. The van der Waals surface area contributed by atoms with Gasteiger partial charge in [0.05, 0.1) is 12.9 Å². The molecule has 0 saturated carbocycles. The van der Waals surface area contributed by atoms with Crippen LogP contribution in [0.1, 0.15) is 0 Å². The Morgan fingerprint density at radius 1 is 1.90 bits per heavy atom. The monoisotopic (exact) mass is 175 g/mol. The van der Waals surface area contributed by atoms with Crippen molar-refractivity contribution in [2.75, 3.05) is 12.9 Å². The van der Waals surface area contributed by atoms with E-state index >= 15 is 0 Å². The van der Waals surface area contributed by atoms with Crippen LogP contribution in [-0.4, -0.2) is 28.9 Å². The molecule has 3 nitrogen and oxygen atoms in total. The lowest BCUT2D eigenvalue weighted by Gasteiger charge is -1.96. The fourth-order valence-electron chi connectivity index (χ4n) is 0.500. The second-order valence-electron chi connectivity index (χ2n) is 1.59. The SMILES string of the molecule is COC(=S)C1=NC(=O)CS1. The van der Waals surface area contributed by atoms with Gasteiger partial charge in [-0.2, -0.15) is 0 Å². The maximum absolute atomic E-state index is 10.6. The predicted octanol–water partition coefficient (Wildman–Crippen LogP) is 0.632. The maximum atomic E-state index is 10.6. The summed E-state index contributed by atoms with van der Waals surface area (Å²) in [6, 6.07) is 0. The van der Waals surface area contributed by atoms with Gasteiger partial charge < -0.3 is 4.74 Å². The molecule has 0 bridgehead atoms. The highest BCUT2D eigenvalue weighted by Gasteiger charge is 2.18. The van der Waals surface area contributed by atoms with Crippen LogP contribution < -0.4 is 0 Å². The van der Waals surface area contributed by atoms with E-state index in [1.165, 1.54) is 18.9 Å². The summed E-state index contributed by atoms with van der Waals surface area (Å²) in [5.74, 6) is 0.248. The number of hydrogen-bond acceptors (Lipinski definition) is 4. The lowest BCUT2D eigenvalue weighted by Crippen LogP contribution is -2.06. The van der Waals surface area contributed by atoms with Crippen molar-refractivity contribution in [2.45, 2.75) is 0 Å². The van der Waals surface area contributed by atoms with Crippen LogP contribution in [0.15, 0.2) is 4.99 Å². The van der Waals surface area contributed by atoms with Crippen LogP contribution in [-0.2, 0) is 9.53 Å². The van der Waals surface area contributed by atoms with Gasteiger partial charge in [-0.25, -0.2) is 4.99 Å². The molecule has 0 fully saturated rings. The first-order valence-corrected chi connectivity index (χ1v) is 3.96. The second-order valence-corrected chi connectivity index (χ2v) is 2.93. The van der Waals surface area contributed by atoms with Crippen LogP contribution in [0.3, 0.4) is 0 Å². The molecule has 0 aromatic heterocycles. The number of thiocarbonyl (C=S) groups is 1. The Balaban J connectivity index is 2.66. The summed E-state index contributed by atoms with van der Waals surface area (Å²) in [4.78, 5) is 14.2. The van der Waals surface area contributed by atoms with Crippen molar-refractivity contribution in [3.05, 3.63) is 0 Å². The highest BCUT2D eigenvalue weighted by Crippen LogP contribution is 2.14. The molecule has 0 spiro atoms. The number of carbonyl (C=O) groups excluding carboxylic acids is 1. The first kappa shape index (κ1) is 7.68. The van der Waals surface area contributed by atoms with Crippen molar-refractivity contribution in [3.8, 4) is 0 Å². The van der Waals surface area contributed by atoms with Gasteiger partial charge in [0.25, 0.3) is 5.91 Å². The summed E-state index contributed by atoms with van der Waals surface area (Å²) < 4.78 is 4.71. The summed E-state index contributed by atoms with van der Waals surface area (Å²) in [7, 11) is 1.47. The van der Waals surface area contributed by atoms with Gasteiger partial charge >= 0.3 is 0 Å². The Morgan fingerprint density at radius 3 is 3.00 bits per heavy atom. The lowest BCUT2D eigenvalue weighted by atomic mass is 10.7. The molecule has 1 aliphatic heterocycles. The minimum absolute atomic E-state index is 0.139. The van der Waals surface area contributed by atoms with E-state index < -0.39 is 0 Å². The molecular formula is C5H5NO2S2. The van der Waals surface area contributed by atoms with E-state index in [0.717, 1.165) is 0 Å². The smallest absolute Gasteiger partial charge is 0.257 e. The molecule has 0 unspecified atom stereocenters. The van der Waals surface area contributed by atoms with E-state index in [-0.39, 0.29) is 5.91 Å². The predicted molar refractivity (Wildman–Crippen MR) is 44.5 cm³/mol. The molecule has 54 valence electrons. The average molecular weight is 175 g/mol. The average Bonchev–Trinajstić information content (AvgIpc) is 2.34. The minimum atomic E-state index is -0.139. The molecule has 1 rings (SSSR count). The third kappa shape index (κ3) is 1.54. The third-order valence-electron chi connectivity index (χ3n) is 0.919. The van der Waals surface area contributed by atoms with E-state index in [1.807, 2.05) is 0 Å². The van der Waals surface area contributed by atoms with E-state index in [0.29, 0.717) is 15.8 Å². The Kier molecular flexibility index (Phi) is 2.39. The number of nitrogens with zero attached hydrogens (tertiary/aromatic N) is 1. The maximum Gasteiger partial charge on any atom is 0.257 e. The van der Waals surface area contributed by atoms with Gasteiger partial charge in [0.15, 0.2) is 5.04 Å². The van der Waals surface area contributed by atoms with Crippen LogP contribution in [0.4, 0.5) is 0 Å². The Bertz CT molecular complexity index is 212. The van der Waals surface area contributed by atoms with Crippen molar-refractivity contribution in [1.82, 2.24) is 0 Å². The van der Waals surface area contributed by atoms with E-state index in [4.69, 9.17) is 17.0 Å². The van der Waals surface area contributed by atoms with Gasteiger partial charge in [-0.3, -0.25) is 4.79 Å². The Morgan fingerprint density at radius 2 is 2.60 bits per heavy atom. The highest BCUT2D eigenvalue weighted by atomic mass is 32.2. The van der Waals surface area contributed by atoms with Crippen LogP contribution in [0, 0.1) is 0 Å². The first-order chi connectivity index (χ1) is 4.74. The van der Waals surface area contributed by atoms with Crippen LogP contribution in [0.25, 0.3) is 0 Å².